The van der Waals surface area contributed by atoms with Crippen molar-refractivity contribution in [3.63, 3.8) is 0 Å². The van der Waals surface area contributed by atoms with Crippen LogP contribution < -0.4 is 0 Å². The molecule has 9 aromatic carbocycles. The molecule has 0 fully saturated rings. The van der Waals surface area contributed by atoms with E-state index in [0.29, 0.717) is 11.5 Å². The molecule has 66 heavy (non-hydrogen) atoms. The summed E-state index contributed by atoms with van der Waals surface area (Å²) in [5.74, 6) is 0.525. The Morgan fingerprint density at radius 3 is 1.71 bits per heavy atom. The fourth-order valence-electron chi connectivity index (χ4n) is 11.3. The molecule has 0 saturated heterocycles. The number of hydrogen-bond acceptors (Lipinski definition) is 1. The van der Waals surface area contributed by atoms with E-state index in [1.54, 1.807) is 0 Å². The highest BCUT2D eigenvalue weighted by Crippen LogP contribution is 2.57. The maximum absolute atomic E-state index is 9.37. The zero-order valence-corrected chi connectivity index (χ0v) is 36.5. The van der Waals surface area contributed by atoms with Gasteiger partial charge in [0.15, 0.2) is 0 Å². The normalized spacial score (nSPS) is 16.4. The Kier molecular flexibility index (Phi) is 8.54. The second-order valence-corrected chi connectivity index (χ2v) is 18.0. The quantitative estimate of drug-likeness (QED) is 0.164. The minimum Gasteiger partial charge on any atom is -0.309 e. The highest BCUT2D eigenvalue weighted by Gasteiger charge is 2.47. The van der Waals surface area contributed by atoms with E-state index in [1.807, 2.05) is 24.3 Å². The molecule has 3 heteroatoms. The van der Waals surface area contributed by atoms with Crippen LogP contribution in [0.2, 0.25) is 0 Å². The van der Waals surface area contributed by atoms with Crippen molar-refractivity contribution in [2.45, 2.75) is 18.8 Å². The Bertz CT molecular complexity index is 3870. The Labute approximate surface area is 384 Å². The third kappa shape index (κ3) is 5.62. The average molecular weight is 842 g/mol. The van der Waals surface area contributed by atoms with Crippen molar-refractivity contribution in [3.8, 4) is 50.8 Å². The molecule has 310 valence electrons. The predicted octanol–water partition coefficient (Wildman–Crippen LogP) is 15.9. The third-order valence-corrected chi connectivity index (χ3v) is 14.4. The number of para-hydroxylation sites is 2. The molecule has 13 rings (SSSR count). The van der Waals surface area contributed by atoms with Gasteiger partial charge in [-0.05, 0) is 141 Å². The molecule has 2 aliphatic carbocycles. The molecule has 11 aromatic rings. The third-order valence-electron chi connectivity index (χ3n) is 14.4. The molecular formula is C63H43N3. The van der Waals surface area contributed by atoms with Gasteiger partial charge in [0.05, 0.1) is 39.1 Å². The number of benzene rings is 9. The summed E-state index contributed by atoms with van der Waals surface area (Å²) in [7, 11) is 0. The van der Waals surface area contributed by atoms with E-state index in [9.17, 15) is 5.26 Å². The SMILES string of the molecule is CC1C=CC(C2(c3ccccc3)c3ccccc3-c3cc(-n4c5ccccc5c5cc(-c6ccc7c(c6)c6ccccc6n7-c6cccc(-c7ccc(C#N)cc7)c6)ccc54)ccc32)=CC1. The molecule has 2 aromatic heterocycles. The van der Waals surface area contributed by atoms with Gasteiger partial charge in [-0.3, -0.25) is 0 Å². The first kappa shape index (κ1) is 38.0. The maximum atomic E-state index is 9.37. The first-order valence-corrected chi connectivity index (χ1v) is 23.0. The van der Waals surface area contributed by atoms with Crippen molar-refractivity contribution in [3.05, 3.63) is 252 Å². The lowest BCUT2D eigenvalue weighted by molar-refractivity contribution is 0.691. The summed E-state index contributed by atoms with van der Waals surface area (Å²) in [4.78, 5) is 0. The van der Waals surface area contributed by atoms with Crippen molar-refractivity contribution in [2.75, 3.05) is 0 Å². The first-order valence-electron chi connectivity index (χ1n) is 23.0. The number of hydrogen-bond donors (Lipinski definition) is 0. The number of nitrogens with zero attached hydrogens (tertiary/aromatic N) is 3. The van der Waals surface area contributed by atoms with E-state index in [1.165, 1.54) is 82.6 Å². The molecular weight excluding hydrogens is 799 g/mol. The second kappa shape index (κ2) is 14.8. The number of rotatable bonds is 6. The molecule has 2 unspecified atom stereocenters. The van der Waals surface area contributed by atoms with E-state index in [-0.39, 0.29) is 0 Å². The van der Waals surface area contributed by atoms with E-state index in [0.717, 1.165) is 34.4 Å². The number of allylic oxidation sites excluding steroid dienone is 4. The van der Waals surface area contributed by atoms with Crippen LogP contribution in [0.3, 0.4) is 0 Å². The molecule has 0 spiro atoms. The lowest BCUT2D eigenvalue weighted by Crippen LogP contribution is -2.29. The highest BCUT2D eigenvalue weighted by atomic mass is 15.0. The molecule has 2 aliphatic rings. The molecule has 0 saturated carbocycles. The fourth-order valence-corrected chi connectivity index (χ4v) is 11.3. The van der Waals surface area contributed by atoms with Crippen molar-refractivity contribution in [2.24, 2.45) is 5.92 Å². The van der Waals surface area contributed by atoms with Crippen LogP contribution in [0.4, 0.5) is 0 Å². The van der Waals surface area contributed by atoms with Gasteiger partial charge in [0.2, 0.25) is 0 Å². The summed E-state index contributed by atoms with van der Waals surface area (Å²) in [5, 5.41) is 14.3. The van der Waals surface area contributed by atoms with Crippen molar-refractivity contribution in [1.29, 1.82) is 5.26 Å². The second-order valence-electron chi connectivity index (χ2n) is 18.0. The van der Waals surface area contributed by atoms with Crippen LogP contribution in [-0.2, 0) is 5.41 Å². The van der Waals surface area contributed by atoms with Crippen molar-refractivity contribution in [1.82, 2.24) is 9.13 Å². The van der Waals surface area contributed by atoms with E-state index in [2.05, 4.69) is 222 Å². The standard InChI is InChI=1S/C63H43N3/c1-41-22-30-48(31-23-41)63(47-13-3-2-4-14-47)57-19-8-5-16-51(57)54-39-50(32-33-58(54)63)66-60-21-10-7-18-53(60)56-38-46(29-35-62(56)66)45-28-34-61-55(37-45)52-17-6-9-20-59(52)65(61)49-15-11-12-44(36-49)43-26-24-42(40-64)25-27-43/h2-22,24-39,41H,23H2,1H3. The van der Waals surface area contributed by atoms with Crippen LogP contribution in [-0.4, -0.2) is 9.13 Å². The van der Waals surface area contributed by atoms with Crippen LogP contribution in [0, 0.1) is 17.2 Å². The zero-order valence-electron chi connectivity index (χ0n) is 36.5. The maximum Gasteiger partial charge on any atom is 0.0991 e. The van der Waals surface area contributed by atoms with Gasteiger partial charge in [-0.2, -0.15) is 5.26 Å². The van der Waals surface area contributed by atoms with Gasteiger partial charge in [-0.25, -0.2) is 0 Å². The van der Waals surface area contributed by atoms with E-state index < -0.39 is 5.41 Å². The number of nitriles is 1. The van der Waals surface area contributed by atoms with Crippen LogP contribution in [0.5, 0.6) is 0 Å². The lowest BCUT2D eigenvalue weighted by atomic mass is 9.66. The van der Waals surface area contributed by atoms with Gasteiger partial charge < -0.3 is 9.13 Å². The van der Waals surface area contributed by atoms with Crippen LogP contribution in [0.15, 0.2) is 230 Å². The molecule has 0 N–H and O–H groups in total. The minimum absolute atomic E-state index is 0.401. The lowest BCUT2D eigenvalue weighted by Gasteiger charge is -2.36. The molecule has 2 atom stereocenters. The van der Waals surface area contributed by atoms with Gasteiger partial charge in [-0.1, -0.05) is 159 Å². The van der Waals surface area contributed by atoms with Crippen molar-refractivity contribution < 1.29 is 0 Å². The predicted molar refractivity (Wildman–Crippen MR) is 273 cm³/mol. The fraction of sp³-hybridized carbons (Fsp3) is 0.0635. The van der Waals surface area contributed by atoms with Gasteiger partial charge in [-0.15, -0.1) is 0 Å². The summed E-state index contributed by atoms with van der Waals surface area (Å²) in [6.45, 7) is 2.30. The monoisotopic (exact) mass is 841 g/mol. The van der Waals surface area contributed by atoms with Gasteiger partial charge in [0, 0.05) is 32.9 Å². The molecule has 0 aliphatic heterocycles. The Morgan fingerprint density at radius 2 is 1.05 bits per heavy atom. The number of aromatic nitrogens is 2. The summed E-state index contributed by atoms with van der Waals surface area (Å²) >= 11 is 0. The van der Waals surface area contributed by atoms with Crippen LogP contribution in [0.1, 0.15) is 35.6 Å². The number of fused-ring (bicyclic) bond motifs is 9. The minimum atomic E-state index is -0.401. The Morgan fingerprint density at radius 1 is 0.470 bits per heavy atom. The zero-order chi connectivity index (χ0) is 43.9. The topological polar surface area (TPSA) is 33.6 Å². The summed E-state index contributed by atoms with van der Waals surface area (Å²) in [5.41, 5.74) is 19.7. The Balaban J connectivity index is 0.944. The van der Waals surface area contributed by atoms with Gasteiger partial charge in [0.1, 0.15) is 0 Å². The van der Waals surface area contributed by atoms with Crippen LogP contribution >= 0.6 is 0 Å². The van der Waals surface area contributed by atoms with Crippen molar-refractivity contribution >= 4 is 43.6 Å². The van der Waals surface area contributed by atoms with E-state index >= 15 is 0 Å². The van der Waals surface area contributed by atoms with Crippen LogP contribution in [0.25, 0.3) is 88.4 Å². The first-order chi connectivity index (χ1) is 32.6. The molecule has 2 heterocycles. The van der Waals surface area contributed by atoms with Gasteiger partial charge >= 0.3 is 0 Å². The largest absolute Gasteiger partial charge is 0.309 e. The molecule has 0 amide bonds. The summed E-state index contributed by atoms with van der Waals surface area (Å²) in [6, 6.07) is 77.6. The summed E-state index contributed by atoms with van der Waals surface area (Å²) < 4.78 is 4.84. The molecule has 0 radical (unpaired) electrons. The van der Waals surface area contributed by atoms with E-state index in [4.69, 9.17) is 0 Å². The smallest absolute Gasteiger partial charge is 0.0991 e. The van der Waals surface area contributed by atoms with Gasteiger partial charge in [0.25, 0.3) is 0 Å². The molecule has 0 bridgehead atoms. The average Bonchev–Trinajstić information content (AvgIpc) is 4.00. The summed E-state index contributed by atoms with van der Waals surface area (Å²) in [6.07, 6.45) is 8.29. The highest BCUT2D eigenvalue weighted by molar-refractivity contribution is 6.13. The Hall–Kier alpha value is -8.45. The molecule has 3 nitrogen and oxygen atoms in total.